The molecule has 2 rings (SSSR count). The van der Waals surface area contributed by atoms with Gasteiger partial charge in [0.05, 0.1) is 21.7 Å². The molecule has 0 aliphatic heterocycles. The van der Waals surface area contributed by atoms with E-state index in [1.807, 2.05) is 0 Å². The molecule has 0 aliphatic carbocycles. The second-order valence-electron chi connectivity index (χ2n) is 3.67. The Bertz CT molecular complexity index is 556. The van der Waals surface area contributed by atoms with Gasteiger partial charge >= 0.3 is 0 Å². The summed E-state index contributed by atoms with van der Waals surface area (Å²) < 4.78 is 0. The van der Waals surface area contributed by atoms with Crippen LogP contribution in [0, 0.1) is 0 Å². The summed E-state index contributed by atoms with van der Waals surface area (Å²) in [5.41, 5.74) is 0.329. The first-order valence-corrected chi connectivity index (χ1v) is 5.95. The minimum absolute atomic E-state index is 0.237. The van der Waals surface area contributed by atoms with Crippen molar-refractivity contribution in [2.24, 2.45) is 0 Å². The van der Waals surface area contributed by atoms with Crippen molar-refractivity contribution in [3.05, 3.63) is 46.0 Å². The third-order valence-corrected chi connectivity index (χ3v) is 3.21. The smallest absolute Gasteiger partial charge is 0.253 e. The fourth-order valence-electron chi connectivity index (χ4n) is 1.45. The fourth-order valence-corrected chi connectivity index (χ4v) is 1.83. The van der Waals surface area contributed by atoms with Crippen LogP contribution in [0.4, 0.5) is 0 Å². The molecule has 0 saturated heterocycles. The van der Waals surface area contributed by atoms with Crippen molar-refractivity contribution >= 4 is 29.1 Å². The van der Waals surface area contributed by atoms with Gasteiger partial charge in [0.25, 0.3) is 5.91 Å². The van der Waals surface area contributed by atoms with Crippen LogP contribution in [0.25, 0.3) is 0 Å². The summed E-state index contributed by atoms with van der Waals surface area (Å²) in [5, 5.41) is 9.74. The lowest BCUT2D eigenvalue weighted by atomic mass is 10.2. The van der Waals surface area contributed by atoms with Crippen LogP contribution < -0.4 is 5.32 Å². The van der Waals surface area contributed by atoms with Crippen molar-refractivity contribution in [1.82, 2.24) is 20.5 Å². The predicted octanol–water partition coefficient (Wildman–Crippen LogP) is 2.60. The Hall–Kier alpha value is -1.59. The number of hydrogen-bond donors (Lipinski definition) is 2. The Kier molecular flexibility index (Phi) is 3.84. The van der Waals surface area contributed by atoms with E-state index in [9.17, 15) is 4.79 Å². The van der Waals surface area contributed by atoms with Gasteiger partial charge in [0.1, 0.15) is 12.2 Å². The van der Waals surface area contributed by atoms with Crippen LogP contribution >= 0.6 is 23.2 Å². The maximum atomic E-state index is 12.0. The van der Waals surface area contributed by atoms with Crippen molar-refractivity contribution in [3.8, 4) is 0 Å². The van der Waals surface area contributed by atoms with Crippen LogP contribution in [-0.2, 0) is 0 Å². The number of H-pyrrole nitrogens is 1. The van der Waals surface area contributed by atoms with Crippen LogP contribution in [0.2, 0.25) is 10.0 Å². The second kappa shape index (κ2) is 5.37. The fraction of sp³-hybridized carbons (Fsp3) is 0.182. The average Bonchev–Trinajstić information content (AvgIpc) is 2.86. The molecular formula is C11H10Cl2N4O. The number of nitrogens with one attached hydrogen (secondary N) is 2. The lowest BCUT2D eigenvalue weighted by Crippen LogP contribution is -2.27. The Morgan fingerprint density at radius 1 is 1.44 bits per heavy atom. The van der Waals surface area contributed by atoms with Crippen molar-refractivity contribution in [3.63, 3.8) is 0 Å². The number of amides is 1. The number of carbonyl (C=O) groups is 1. The quantitative estimate of drug-likeness (QED) is 0.910. The number of nitrogens with zero attached hydrogens (tertiary/aromatic N) is 2. The molecule has 1 atom stereocenters. The Labute approximate surface area is 114 Å². The zero-order valence-corrected chi connectivity index (χ0v) is 11.0. The van der Waals surface area contributed by atoms with Crippen molar-refractivity contribution < 1.29 is 4.79 Å². The largest absolute Gasteiger partial charge is 0.342 e. The van der Waals surface area contributed by atoms with E-state index in [0.29, 0.717) is 16.4 Å². The molecule has 0 spiro atoms. The maximum Gasteiger partial charge on any atom is 0.253 e. The Balaban J connectivity index is 2.15. The third kappa shape index (κ3) is 2.63. The highest BCUT2D eigenvalue weighted by atomic mass is 35.5. The van der Waals surface area contributed by atoms with Gasteiger partial charge in [0.2, 0.25) is 0 Å². The van der Waals surface area contributed by atoms with Gasteiger partial charge in [0.15, 0.2) is 0 Å². The zero-order chi connectivity index (χ0) is 13.1. The topological polar surface area (TPSA) is 70.7 Å². The lowest BCUT2D eigenvalue weighted by Gasteiger charge is -2.12. The van der Waals surface area contributed by atoms with Gasteiger partial charge in [0, 0.05) is 0 Å². The van der Waals surface area contributed by atoms with E-state index < -0.39 is 0 Å². The molecule has 0 aliphatic rings. The molecule has 0 radical (unpaired) electrons. The molecule has 0 bridgehead atoms. The Morgan fingerprint density at radius 3 is 2.89 bits per heavy atom. The molecule has 1 heterocycles. The highest BCUT2D eigenvalue weighted by molar-refractivity contribution is 6.43. The number of carbonyl (C=O) groups excluding carboxylic acids is 1. The summed E-state index contributed by atoms with van der Waals surface area (Å²) in [6.45, 7) is 1.79. The van der Waals surface area contributed by atoms with Gasteiger partial charge in [-0.15, -0.1) is 0 Å². The lowest BCUT2D eigenvalue weighted by molar-refractivity contribution is 0.0938. The number of rotatable bonds is 3. The normalized spacial score (nSPS) is 12.2. The first-order valence-electron chi connectivity index (χ1n) is 5.19. The highest BCUT2D eigenvalue weighted by Gasteiger charge is 2.16. The molecule has 1 unspecified atom stereocenters. The number of halogens is 2. The van der Waals surface area contributed by atoms with Crippen LogP contribution in [0.3, 0.4) is 0 Å². The number of benzene rings is 1. The molecule has 2 N–H and O–H groups in total. The van der Waals surface area contributed by atoms with E-state index in [-0.39, 0.29) is 17.0 Å². The standard InChI is InChI=1S/C11H10Cl2N4O/c1-6(10-14-5-15-17-10)16-11(18)7-3-2-4-8(12)9(7)13/h2-6H,1H3,(H,16,18)(H,14,15,17). The average molecular weight is 285 g/mol. The van der Waals surface area contributed by atoms with E-state index in [0.717, 1.165) is 0 Å². The molecule has 0 saturated carbocycles. The van der Waals surface area contributed by atoms with Gasteiger partial charge in [-0.1, -0.05) is 29.3 Å². The van der Waals surface area contributed by atoms with Gasteiger partial charge in [-0.25, -0.2) is 4.98 Å². The molecular weight excluding hydrogens is 275 g/mol. The van der Waals surface area contributed by atoms with Crippen LogP contribution in [-0.4, -0.2) is 21.1 Å². The SMILES string of the molecule is CC(NC(=O)c1cccc(Cl)c1Cl)c1ncn[nH]1. The van der Waals surface area contributed by atoms with Crippen LogP contribution in [0.15, 0.2) is 24.5 Å². The summed E-state index contributed by atoms with van der Waals surface area (Å²) in [6.07, 6.45) is 1.38. The first-order chi connectivity index (χ1) is 8.59. The van der Waals surface area contributed by atoms with Crippen molar-refractivity contribution in [2.45, 2.75) is 13.0 Å². The van der Waals surface area contributed by atoms with Crippen molar-refractivity contribution in [1.29, 1.82) is 0 Å². The highest BCUT2D eigenvalue weighted by Crippen LogP contribution is 2.25. The van der Waals surface area contributed by atoms with Gasteiger partial charge in [-0.2, -0.15) is 5.10 Å². The molecule has 1 aromatic carbocycles. The number of hydrogen-bond acceptors (Lipinski definition) is 3. The van der Waals surface area contributed by atoms with Gasteiger partial charge in [-0.3, -0.25) is 9.89 Å². The monoisotopic (exact) mass is 284 g/mol. The number of aromatic amines is 1. The van der Waals surface area contributed by atoms with E-state index in [4.69, 9.17) is 23.2 Å². The van der Waals surface area contributed by atoms with E-state index in [1.165, 1.54) is 6.33 Å². The second-order valence-corrected chi connectivity index (χ2v) is 4.45. The Morgan fingerprint density at radius 2 is 2.22 bits per heavy atom. The van der Waals surface area contributed by atoms with Crippen molar-refractivity contribution in [2.75, 3.05) is 0 Å². The summed E-state index contributed by atoms with van der Waals surface area (Å²) >= 11 is 11.8. The first kappa shape index (κ1) is 12.9. The summed E-state index contributed by atoms with van der Waals surface area (Å²) in [5.74, 6) is 0.257. The summed E-state index contributed by atoms with van der Waals surface area (Å²) in [7, 11) is 0. The summed E-state index contributed by atoms with van der Waals surface area (Å²) in [6, 6.07) is 4.61. The summed E-state index contributed by atoms with van der Waals surface area (Å²) in [4.78, 5) is 16.0. The van der Waals surface area contributed by atoms with Gasteiger partial charge in [-0.05, 0) is 19.1 Å². The molecule has 5 nitrogen and oxygen atoms in total. The van der Waals surface area contributed by atoms with E-state index >= 15 is 0 Å². The molecule has 0 fully saturated rings. The van der Waals surface area contributed by atoms with E-state index in [1.54, 1.807) is 25.1 Å². The molecule has 7 heteroatoms. The number of aromatic nitrogens is 3. The minimum Gasteiger partial charge on any atom is -0.342 e. The zero-order valence-electron chi connectivity index (χ0n) is 9.45. The predicted molar refractivity (Wildman–Crippen MR) is 68.7 cm³/mol. The third-order valence-electron chi connectivity index (χ3n) is 2.39. The van der Waals surface area contributed by atoms with Crippen LogP contribution in [0.5, 0.6) is 0 Å². The molecule has 2 aromatic rings. The minimum atomic E-state index is -0.314. The van der Waals surface area contributed by atoms with Crippen LogP contribution in [0.1, 0.15) is 29.1 Å². The van der Waals surface area contributed by atoms with E-state index in [2.05, 4.69) is 20.5 Å². The van der Waals surface area contributed by atoms with Gasteiger partial charge < -0.3 is 5.32 Å². The maximum absolute atomic E-state index is 12.0. The molecule has 1 amide bonds. The molecule has 18 heavy (non-hydrogen) atoms. The molecule has 94 valence electrons. The molecule has 1 aromatic heterocycles.